The summed E-state index contributed by atoms with van der Waals surface area (Å²) in [5.41, 5.74) is 0.905. The molecule has 15 heavy (non-hydrogen) atoms. The second-order valence-electron chi connectivity index (χ2n) is 3.35. The second-order valence-corrected chi connectivity index (χ2v) is 4.57. The Kier molecular flexibility index (Phi) is 3.12. The lowest BCUT2D eigenvalue weighted by molar-refractivity contribution is 0.619. The van der Waals surface area contributed by atoms with Gasteiger partial charge in [0.1, 0.15) is 11.9 Å². The van der Waals surface area contributed by atoms with Crippen LogP contribution in [-0.2, 0) is 0 Å². The van der Waals surface area contributed by atoms with E-state index in [0.29, 0.717) is 11.3 Å². The predicted octanol–water partition coefficient (Wildman–Crippen LogP) is 2.25. The van der Waals surface area contributed by atoms with Crippen LogP contribution in [0.5, 0.6) is 0 Å². The Morgan fingerprint density at radius 1 is 1.33 bits per heavy atom. The van der Waals surface area contributed by atoms with Gasteiger partial charge in [0.05, 0.1) is 11.3 Å². The highest BCUT2D eigenvalue weighted by molar-refractivity contribution is 7.99. The molecule has 0 bridgehead atoms. The van der Waals surface area contributed by atoms with Gasteiger partial charge in [-0.25, -0.2) is 4.39 Å². The maximum Gasteiger partial charge on any atom is 0.147 e. The molecule has 0 saturated carbocycles. The zero-order valence-corrected chi connectivity index (χ0v) is 9.06. The summed E-state index contributed by atoms with van der Waals surface area (Å²) >= 11 is 1.87. The topological polar surface area (TPSA) is 27.0 Å². The second kappa shape index (κ2) is 4.54. The molecule has 2 nitrogen and oxygen atoms in total. The van der Waals surface area contributed by atoms with Gasteiger partial charge in [0.25, 0.3) is 0 Å². The van der Waals surface area contributed by atoms with Gasteiger partial charge in [-0.05, 0) is 12.1 Å². The molecular formula is C11H11FN2S. The minimum atomic E-state index is -0.291. The zero-order chi connectivity index (χ0) is 10.7. The number of benzene rings is 1. The molecule has 0 aliphatic carbocycles. The fourth-order valence-corrected chi connectivity index (χ4v) is 2.62. The van der Waals surface area contributed by atoms with Gasteiger partial charge in [-0.1, -0.05) is 6.07 Å². The minimum absolute atomic E-state index is 0.291. The van der Waals surface area contributed by atoms with Gasteiger partial charge in [0.15, 0.2) is 0 Å². The van der Waals surface area contributed by atoms with Gasteiger partial charge < -0.3 is 4.90 Å². The first kappa shape index (κ1) is 10.3. The molecule has 0 radical (unpaired) electrons. The lowest BCUT2D eigenvalue weighted by Crippen LogP contribution is -2.33. The van der Waals surface area contributed by atoms with E-state index in [2.05, 4.69) is 0 Å². The molecule has 0 amide bonds. The van der Waals surface area contributed by atoms with Gasteiger partial charge in [0.2, 0.25) is 0 Å². The summed E-state index contributed by atoms with van der Waals surface area (Å²) in [6.07, 6.45) is 0. The van der Waals surface area contributed by atoms with Crippen LogP contribution in [0, 0.1) is 17.1 Å². The van der Waals surface area contributed by atoms with Gasteiger partial charge in [-0.3, -0.25) is 0 Å². The smallest absolute Gasteiger partial charge is 0.147 e. The van der Waals surface area contributed by atoms with Crippen molar-refractivity contribution in [3.8, 4) is 6.07 Å². The van der Waals surface area contributed by atoms with E-state index in [1.807, 2.05) is 22.7 Å². The molecule has 0 spiro atoms. The van der Waals surface area contributed by atoms with Gasteiger partial charge in [0, 0.05) is 24.6 Å². The van der Waals surface area contributed by atoms with E-state index in [4.69, 9.17) is 5.26 Å². The first-order valence-electron chi connectivity index (χ1n) is 4.84. The molecule has 1 saturated heterocycles. The fraction of sp³-hybridized carbons (Fsp3) is 0.364. The van der Waals surface area contributed by atoms with Crippen LogP contribution in [0.15, 0.2) is 18.2 Å². The quantitative estimate of drug-likeness (QED) is 0.729. The lowest BCUT2D eigenvalue weighted by Gasteiger charge is -2.29. The number of rotatable bonds is 1. The van der Waals surface area contributed by atoms with Crippen molar-refractivity contribution in [2.24, 2.45) is 0 Å². The van der Waals surface area contributed by atoms with Crippen LogP contribution < -0.4 is 4.90 Å². The first-order valence-corrected chi connectivity index (χ1v) is 5.99. The maximum atomic E-state index is 13.6. The minimum Gasteiger partial charge on any atom is -0.366 e. The predicted molar refractivity (Wildman–Crippen MR) is 60.7 cm³/mol. The van der Waals surface area contributed by atoms with Crippen molar-refractivity contribution >= 4 is 17.4 Å². The first-order chi connectivity index (χ1) is 7.33. The number of para-hydroxylation sites is 1. The van der Waals surface area contributed by atoms with Crippen LogP contribution in [0.4, 0.5) is 10.1 Å². The third-order valence-corrected chi connectivity index (χ3v) is 3.38. The molecule has 1 aliphatic heterocycles. The van der Waals surface area contributed by atoms with E-state index in [1.165, 1.54) is 6.07 Å². The number of anilines is 1. The number of hydrogen-bond acceptors (Lipinski definition) is 3. The third-order valence-electron chi connectivity index (χ3n) is 2.43. The van der Waals surface area contributed by atoms with E-state index >= 15 is 0 Å². The van der Waals surface area contributed by atoms with Gasteiger partial charge >= 0.3 is 0 Å². The van der Waals surface area contributed by atoms with Crippen molar-refractivity contribution < 1.29 is 4.39 Å². The Hall–Kier alpha value is -1.21. The Bertz CT molecular complexity index is 394. The summed E-state index contributed by atoms with van der Waals surface area (Å²) in [5.74, 6) is 1.71. The van der Waals surface area contributed by atoms with Crippen molar-refractivity contribution in [3.05, 3.63) is 29.6 Å². The molecule has 1 aromatic rings. The van der Waals surface area contributed by atoms with Crippen LogP contribution in [0.25, 0.3) is 0 Å². The van der Waals surface area contributed by atoms with E-state index < -0.39 is 0 Å². The van der Waals surface area contributed by atoms with Crippen LogP contribution in [0.1, 0.15) is 5.56 Å². The Morgan fingerprint density at radius 3 is 2.73 bits per heavy atom. The molecule has 0 aromatic heterocycles. The van der Waals surface area contributed by atoms with Gasteiger partial charge in [-0.2, -0.15) is 17.0 Å². The molecule has 1 fully saturated rings. The summed E-state index contributed by atoms with van der Waals surface area (Å²) < 4.78 is 13.6. The third kappa shape index (κ3) is 2.07. The summed E-state index contributed by atoms with van der Waals surface area (Å²) in [7, 11) is 0. The SMILES string of the molecule is N#Cc1cccc(F)c1N1CCSCC1. The summed E-state index contributed by atoms with van der Waals surface area (Å²) in [4.78, 5) is 1.96. The van der Waals surface area contributed by atoms with E-state index in [1.54, 1.807) is 12.1 Å². The highest BCUT2D eigenvalue weighted by atomic mass is 32.2. The fourth-order valence-electron chi connectivity index (χ4n) is 1.71. The van der Waals surface area contributed by atoms with E-state index in [0.717, 1.165) is 24.6 Å². The molecule has 4 heteroatoms. The summed E-state index contributed by atoms with van der Waals surface area (Å²) in [6.45, 7) is 1.64. The lowest BCUT2D eigenvalue weighted by atomic mass is 10.1. The number of thioether (sulfide) groups is 1. The normalized spacial score (nSPS) is 16.1. The largest absolute Gasteiger partial charge is 0.366 e. The highest BCUT2D eigenvalue weighted by Crippen LogP contribution is 2.26. The van der Waals surface area contributed by atoms with Crippen molar-refractivity contribution in [1.29, 1.82) is 5.26 Å². The molecule has 1 aromatic carbocycles. The van der Waals surface area contributed by atoms with Crippen LogP contribution in [0.3, 0.4) is 0 Å². The maximum absolute atomic E-state index is 13.6. The Balaban J connectivity index is 2.37. The molecule has 0 unspecified atom stereocenters. The monoisotopic (exact) mass is 222 g/mol. The number of nitrogens with zero attached hydrogens (tertiary/aromatic N) is 2. The van der Waals surface area contributed by atoms with Crippen LogP contribution in [0.2, 0.25) is 0 Å². The molecule has 2 rings (SSSR count). The Morgan fingerprint density at radius 2 is 2.07 bits per heavy atom. The standard InChI is InChI=1S/C11H11FN2S/c12-10-3-1-2-9(8-13)11(10)14-4-6-15-7-5-14/h1-3H,4-7H2. The summed E-state index contributed by atoms with van der Waals surface area (Å²) in [5, 5.41) is 8.92. The van der Waals surface area contributed by atoms with Gasteiger partial charge in [-0.15, -0.1) is 0 Å². The number of hydrogen-bond donors (Lipinski definition) is 0. The van der Waals surface area contributed by atoms with Crippen LogP contribution >= 0.6 is 11.8 Å². The van der Waals surface area contributed by atoms with E-state index in [-0.39, 0.29) is 5.82 Å². The number of nitriles is 1. The molecule has 1 heterocycles. The van der Waals surface area contributed by atoms with Crippen molar-refractivity contribution in [2.45, 2.75) is 0 Å². The van der Waals surface area contributed by atoms with Crippen molar-refractivity contribution in [3.63, 3.8) is 0 Å². The number of halogens is 1. The Labute approximate surface area is 92.7 Å². The molecule has 1 aliphatic rings. The highest BCUT2D eigenvalue weighted by Gasteiger charge is 2.18. The van der Waals surface area contributed by atoms with Crippen molar-refractivity contribution in [2.75, 3.05) is 29.5 Å². The molecule has 0 N–H and O–H groups in total. The molecular weight excluding hydrogens is 211 g/mol. The zero-order valence-electron chi connectivity index (χ0n) is 8.24. The molecule has 78 valence electrons. The summed E-state index contributed by atoms with van der Waals surface area (Å²) in [6, 6.07) is 6.71. The molecule has 0 atom stereocenters. The van der Waals surface area contributed by atoms with Crippen LogP contribution in [-0.4, -0.2) is 24.6 Å². The van der Waals surface area contributed by atoms with Crippen molar-refractivity contribution in [1.82, 2.24) is 0 Å². The van der Waals surface area contributed by atoms with E-state index in [9.17, 15) is 4.39 Å². The average Bonchev–Trinajstić information content (AvgIpc) is 2.29. The average molecular weight is 222 g/mol.